The number of amides is 2. The van der Waals surface area contributed by atoms with Crippen LogP contribution in [0.25, 0.3) is 0 Å². The molecule has 0 radical (unpaired) electrons. The average molecular weight is 305 g/mol. The summed E-state index contributed by atoms with van der Waals surface area (Å²) < 4.78 is 10.6. The van der Waals surface area contributed by atoms with Crippen molar-refractivity contribution >= 4 is 17.8 Å². The lowest BCUT2D eigenvalue weighted by molar-refractivity contribution is -0.177. The molecule has 3 rings (SSSR count). The van der Waals surface area contributed by atoms with Crippen molar-refractivity contribution in [2.24, 2.45) is 0 Å². The lowest BCUT2D eigenvalue weighted by atomic mass is 10.1. The lowest BCUT2D eigenvalue weighted by Gasteiger charge is -2.22. The summed E-state index contributed by atoms with van der Waals surface area (Å²) in [5.41, 5.74) is 0.455. The third kappa shape index (κ3) is 2.86. The first kappa shape index (κ1) is 14.7. The summed E-state index contributed by atoms with van der Waals surface area (Å²) in [5, 5.41) is 0.486. The third-order valence-corrected chi connectivity index (χ3v) is 3.56. The number of hydrogen-bond donors (Lipinski definition) is 0. The highest BCUT2D eigenvalue weighted by Gasteiger charge is 2.38. The van der Waals surface area contributed by atoms with E-state index in [9.17, 15) is 14.4 Å². The van der Waals surface area contributed by atoms with Crippen LogP contribution < -0.4 is 0 Å². The van der Waals surface area contributed by atoms with Gasteiger partial charge in [-0.3, -0.25) is 9.59 Å². The Labute approximate surface area is 126 Å². The summed E-state index contributed by atoms with van der Waals surface area (Å²) in [6.45, 7) is 0.883. The zero-order chi connectivity index (χ0) is 15.5. The van der Waals surface area contributed by atoms with Gasteiger partial charge in [0.2, 0.25) is 0 Å². The number of imide groups is 1. The Kier molecular flexibility index (Phi) is 4.17. The van der Waals surface area contributed by atoms with Crippen molar-refractivity contribution in [2.45, 2.75) is 18.9 Å². The number of nitrogens with zero attached hydrogens (tertiary/aromatic N) is 1. The van der Waals surface area contributed by atoms with Gasteiger partial charge in [0.05, 0.1) is 17.2 Å². The Morgan fingerprint density at radius 1 is 1.14 bits per heavy atom. The molecule has 2 aliphatic rings. The zero-order valence-electron chi connectivity index (χ0n) is 11.8. The van der Waals surface area contributed by atoms with E-state index in [2.05, 4.69) is 0 Å². The van der Waals surface area contributed by atoms with Crippen LogP contribution in [0.3, 0.4) is 0 Å². The van der Waals surface area contributed by atoms with Crippen LogP contribution in [0.1, 0.15) is 33.6 Å². The molecule has 0 atom stereocenters. The maximum Gasteiger partial charge on any atom is 0.358 e. The van der Waals surface area contributed by atoms with Crippen LogP contribution in [-0.2, 0) is 19.1 Å². The number of hydroxylamine groups is 2. The summed E-state index contributed by atoms with van der Waals surface area (Å²) in [7, 11) is 0. The summed E-state index contributed by atoms with van der Waals surface area (Å²) >= 11 is 0. The first-order chi connectivity index (χ1) is 10.7. The summed E-state index contributed by atoms with van der Waals surface area (Å²) in [6, 6.07) is 6.32. The molecule has 0 aliphatic carbocycles. The SMILES string of the molecule is O=C(COC1CCOCC1)ON1C(=O)c2ccccc2C1=O. The van der Waals surface area contributed by atoms with Crippen molar-refractivity contribution < 1.29 is 28.7 Å². The van der Waals surface area contributed by atoms with Crippen LogP contribution >= 0.6 is 0 Å². The number of carbonyl (C=O) groups excluding carboxylic acids is 3. The Morgan fingerprint density at radius 3 is 2.32 bits per heavy atom. The van der Waals surface area contributed by atoms with E-state index in [0.29, 0.717) is 31.1 Å². The molecule has 1 aromatic carbocycles. The monoisotopic (exact) mass is 305 g/mol. The fourth-order valence-electron chi connectivity index (χ4n) is 2.41. The van der Waals surface area contributed by atoms with E-state index in [4.69, 9.17) is 14.3 Å². The lowest BCUT2D eigenvalue weighted by Crippen LogP contribution is -2.35. The molecule has 0 N–H and O–H groups in total. The summed E-state index contributed by atoms with van der Waals surface area (Å²) in [4.78, 5) is 40.6. The largest absolute Gasteiger partial charge is 0.381 e. The summed E-state index contributed by atoms with van der Waals surface area (Å²) in [6.07, 6.45) is 1.35. The fraction of sp³-hybridized carbons (Fsp3) is 0.400. The number of carbonyl (C=O) groups is 3. The first-order valence-corrected chi connectivity index (χ1v) is 7.05. The molecule has 1 saturated heterocycles. The second-order valence-electron chi connectivity index (χ2n) is 5.04. The number of rotatable bonds is 4. The molecule has 1 fully saturated rings. The highest BCUT2D eigenvalue weighted by Crippen LogP contribution is 2.22. The molecular weight excluding hydrogens is 290 g/mol. The molecule has 2 amide bonds. The fourth-order valence-corrected chi connectivity index (χ4v) is 2.41. The minimum Gasteiger partial charge on any atom is -0.381 e. The predicted octanol–water partition coefficient (Wildman–Crippen LogP) is 0.936. The van der Waals surface area contributed by atoms with Gasteiger partial charge in [0.15, 0.2) is 0 Å². The predicted molar refractivity (Wildman–Crippen MR) is 72.8 cm³/mol. The van der Waals surface area contributed by atoms with E-state index < -0.39 is 17.8 Å². The highest BCUT2D eigenvalue weighted by atomic mass is 16.7. The quantitative estimate of drug-likeness (QED) is 0.770. The van der Waals surface area contributed by atoms with Crippen LogP contribution in [0.5, 0.6) is 0 Å². The maximum absolute atomic E-state index is 12.0. The van der Waals surface area contributed by atoms with Gasteiger partial charge in [0, 0.05) is 13.2 Å². The van der Waals surface area contributed by atoms with Gasteiger partial charge in [-0.15, -0.1) is 0 Å². The van der Waals surface area contributed by atoms with Crippen LogP contribution in [0.4, 0.5) is 0 Å². The van der Waals surface area contributed by atoms with E-state index in [1.807, 2.05) is 0 Å². The standard InChI is InChI=1S/C15H15NO6/c17-13(9-21-10-5-7-20-8-6-10)22-16-14(18)11-3-1-2-4-12(11)15(16)19/h1-4,10H,5-9H2. The Balaban J connectivity index is 1.56. The van der Waals surface area contributed by atoms with Crippen LogP contribution in [0.15, 0.2) is 24.3 Å². The molecular formula is C15H15NO6. The maximum atomic E-state index is 12.0. The molecule has 0 bridgehead atoms. The van der Waals surface area contributed by atoms with Crippen LogP contribution in [0.2, 0.25) is 0 Å². The van der Waals surface area contributed by atoms with Crippen LogP contribution in [-0.4, -0.2) is 48.8 Å². The van der Waals surface area contributed by atoms with Gasteiger partial charge < -0.3 is 14.3 Å². The molecule has 0 saturated carbocycles. The molecule has 0 aromatic heterocycles. The second kappa shape index (κ2) is 6.25. The van der Waals surface area contributed by atoms with Crippen LogP contribution in [0, 0.1) is 0 Å². The topological polar surface area (TPSA) is 82.1 Å². The van der Waals surface area contributed by atoms with Crippen molar-refractivity contribution in [3.05, 3.63) is 35.4 Å². The number of fused-ring (bicyclic) bond motifs is 1. The molecule has 2 aliphatic heterocycles. The number of benzene rings is 1. The van der Waals surface area contributed by atoms with Crippen molar-refractivity contribution in [3.8, 4) is 0 Å². The van der Waals surface area contributed by atoms with Gasteiger partial charge in [-0.2, -0.15) is 0 Å². The normalized spacial score (nSPS) is 18.5. The first-order valence-electron chi connectivity index (χ1n) is 7.05. The van der Waals surface area contributed by atoms with Gasteiger partial charge in [0.1, 0.15) is 6.61 Å². The van der Waals surface area contributed by atoms with E-state index in [1.165, 1.54) is 12.1 Å². The second-order valence-corrected chi connectivity index (χ2v) is 5.04. The van der Waals surface area contributed by atoms with Gasteiger partial charge in [-0.05, 0) is 25.0 Å². The molecule has 1 aromatic rings. The zero-order valence-corrected chi connectivity index (χ0v) is 11.8. The molecule has 116 valence electrons. The number of hydrogen-bond acceptors (Lipinski definition) is 6. The van der Waals surface area contributed by atoms with Crippen molar-refractivity contribution in [1.29, 1.82) is 0 Å². The average Bonchev–Trinajstić information content (AvgIpc) is 2.79. The van der Waals surface area contributed by atoms with E-state index in [1.54, 1.807) is 12.1 Å². The molecule has 7 nitrogen and oxygen atoms in total. The van der Waals surface area contributed by atoms with Crippen molar-refractivity contribution in [1.82, 2.24) is 5.06 Å². The Bertz CT molecular complexity index is 573. The minimum absolute atomic E-state index is 0.0662. The molecule has 0 spiro atoms. The Hall–Kier alpha value is -2.25. The molecule has 22 heavy (non-hydrogen) atoms. The van der Waals surface area contributed by atoms with Gasteiger partial charge >= 0.3 is 5.97 Å². The molecule has 2 heterocycles. The van der Waals surface area contributed by atoms with E-state index in [0.717, 1.165) is 0 Å². The van der Waals surface area contributed by atoms with Crippen molar-refractivity contribution in [3.63, 3.8) is 0 Å². The Morgan fingerprint density at radius 2 is 1.73 bits per heavy atom. The van der Waals surface area contributed by atoms with Gasteiger partial charge in [-0.1, -0.05) is 17.2 Å². The van der Waals surface area contributed by atoms with E-state index in [-0.39, 0.29) is 23.8 Å². The number of ether oxygens (including phenoxy) is 2. The summed E-state index contributed by atoms with van der Waals surface area (Å²) in [5.74, 6) is -2.05. The van der Waals surface area contributed by atoms with Gasteiger partial charge in [-0.25, -0.2) is 4.79 Å². The molecule has 0 unspecified atom stereocenters. The van der Waals surface area contributed by atoms with Crippen molar-refractivity contribution in [2.75, 3.05) is 19.8 Å². The van der Waals surface area contributed by atoms with Gasteiger partial charge in [0.25, 0.3) is 11.8 Å². The molecule has 7 heteroatoms. The minimum atomic E-state index is -0.777. The highest BCUT2D eigenvalue weighted by molar-refractivity contribution is 6.20. The smallest absolute Gasteiger partial charge is 0.358 e. The van der Waals surface area contributed by atoms with E-state index >= 15 is 0 Å². The third-order valence-electron chi connectivity index (χ3n) is 3.56.